The third-order valence-corrected chi connectivity index (χ3v) is 3.94. The summed E-state index contributed by atoms with van der Waals surface area (Å²) in [7, 11) is 1.40. The van der Waals surface area contributed by atoms with E-state index >= 15 is 0 Å². The van der Waals surface area contributed by atoms with Crippen LogP contribution in [0.3, 0.4) is 0 Å². The number of anilines is 1. The third-order valence-electron chi connectivity index (χ3n) is 2.73. The number of carbonyl (C=O) groups excluding carboxylic acids is 1. The quantitative estimate of drug-likeness (QED) is 0.818. The van der Waals surface area contributed by atoms with E-state index < -0.39 is 5.54 Å². The SMILES string of the molecule is CCCC(C)(Nc1ccc(Cl)c(Br)c1)C(=O)OC. The van der Waals surface area contributed by atoms with Crippen LogP contribution in [-0.2, 0) is 9.53 Å². The van der Waals surface area contributed by atoms with Crippen molar-refractivity contribution >= 4 is 39.2 Å². The molecule has 1 atom stereocenters. The Morgan fingerprint density at radius 3 is 2.72 bits per heavy atom. The van der Waals surface area contributed by atoms with Crippen LogP contribution in [-0.4, -0.2) is 18.6 Å². The van der Waals surface area contributed by atoms with E-state index in [4.69, 9.17) is 16.3 Å². The average molecular weight is 335 g/mol. The molecule has 0 aromatic heterocycles. The Hall–Kier alpha value is -0.740. The molecule has 0 spiro atoms. The van der Waals surface area contributed by atoms with Gasteiger partial charge in [-0.05, 0) is 47.5 Å². The van der Waals surface area contributed by atoms with E-state index in [0.29, 0.717) is 11.4 Å². The first-order valence-electron chi connectivity index (χ1n) is 5.74. The van der Waals surface area contributed by atoms with Crippen LogP contribution in [0.25, 0.3) is 0 Å². The number of ether oxygens (including phenoxy) is 1. The van der Waals surface area contributed by atoms with Crippen molar-refractivity contribution in [2.45, 2.75) is 32.2 Å². The second-order valence-corrected chi connectivity index (χ2v) is 5.59. The molecule has 0 saturated heterocycles. The lowest BCUT2D eigenvalue weighted by Gasteiger charge is -2.28. The third kappa shape index (κ3) is 3.62. The van der Waals surface area contributed by atoms with Gasteiger partial charge >= 0.3 is 5.97 Å². The minimum Gasteiger partial charge on any atom is -0.467 e. The molecule has 0 saturated carbocycles. The van der Waals surface area contributed by atoms with Crippen molar-refractivity contribution in [3.05, 3.63) is 27.7 Å². The fourth-order valence-corrected chi connectivity index (χ4v) is 2.33. The van der Waals surface area contributed by atoms with Crippen LogP contribution in [0.1, 0.15) is 26.7 Å². The van der Waals surface area contributed by atoms with Crippen molar-refractivity contribution in [3.63, 3.8) is 0 Å². The highest BCUT2D eigenvalue weighted by Gasteiger charge is 2.33. The molecule has 0 aliphatic heterocycles. The first-order chi connectivity index (χ1) is 8.42. The fraction of sp³-hybridized carbons (Fsp3) is 0.462. The second kappa shape index (κ2) is 6.43. The van der Waals surface area contributed by atoms with Crippen molar-refractivity contribution in [1.82, 2.24) is 0 Å². The van der Waals surface area contributed by atoms with Gasteiger partial charge in [-0.25, -0.2) is 4.79 Å². The van der Waals surface area contributed by atoms with Gasteiger partial charge in [-0.2, -0.15) is 0 Å². The van der Waals surface area contributed by atoms with E-state index in [9.17, 15) is 4.79 Å². The molecule has 100 valence electrons. The summed E-state index contributed by atoms with van der Waals surface area (Å²) in [6.45, 7) is 3.87. The van der Waals surface area contributed by atoms with Gasteiger partial charge in [0.2, 0.25) is 0 Å². The molecule has 0 aliphatic rings. The van der Waals surface area contributed by atoms with Gasteiger partial charge in [0, 0.05) is 10.2 Å². The van der Waals surface area contributed by atoms with E-state index in [1.807, 2.05) is 26.0 Å². The predicted octanol–water partition coefficient (Wildman–Crippen LogP) is 4.25. The summed E-state index contributed by atoms with van der Waals surface area (Å²) in [5.41, 5.74) is 0.101. The summed E-state index contributed by atoms with van der Waals surface area (Å²) < 4.78 is 5.64. The summed E-state index contributed by atoms with van der Waals surface area (Å²) >= 11 is 9.30. The molecule has 1 unspecified atom stereocenters. The molecule has 18 heavy (non-hydrogen) atoms. The van der Waals surface area contributed by atoms with Crippen molar-refractivity contribution in [1.29, 1.82) is 0 Å². The lowest BCUT2D eigenvalue weighted by molar-refractivity contribution is -0.145. The zero-order valence-corrected chi connectivity index (χ0v) is 13.1. The highest BCUT2D eigenvalue weighted by Crippen LogP contribution is 2.28. The van der Waals surface area contributed by atoms with E-state index in [-0.39, 0.29) is 5.97 Å². The Bertz CT molecular complexity index is 439. The van der Waals surface area contributed by atoms with Gasteiger partial charge in [0.05, 0.1) is 12.1 Å². The van der Waals surface area contributed by atoms with Crippen LogP contribution in [0.5, 0.6) is 0 Å². The number of rotatable bonds is 5. The maximum atomic E-state index is 11.9. The zero-order valence-electron chi connectivity index (χ0n) is 10.7. The molecule has 5 heteroatoms. The molecule has 3 nitrogen and oxygen atoms in total. The number of hydrogen-bond donors (Lipinski definition) is 1. The summed E-state index contributed by atoms with van der Waals surface area (Å²) in [6, 6.07) is 5.46. The molecule has 0 radical (unpaired) electrons. The second-order valence-electron chi connectivity index (χ2n) is 4.33. The van der Waals surface area contributed by atoms with Crippen LogP contribution >= 0.6 is 27.5 Å². The molecule has 0 amide bonds. The molecule has 1 aromatic carbocycles. The summed E-state index contributed by atoms with van der Waals surface area (Å²) in [4.78, 5) is 11.9. The van der Waals surface area contributed by atoms with Gasteiger partial charge in [-0.15, -0.1) is 0 Å². The van der Waals surface area contributed by atoms with E-state index in [0.717, 1.165) is 16.6 Å². The van der Waals surface area contributed by atoms with Crippen molar-refractivity contribution in [2.75, 3.05) is 12.4 Å². The minimum absolute atomic E-state index is 0.268. The number of esters is 1. The monoisotopic (exact) mass is 333 g/mol. The van der Waals surface area contributed by atoms with Crippen LogP contribution in [0, 0.1) is 0 Å². The lowest BCUT2D eigenvalue weighted by atomic mass is 9.96. The number of halogens is 2. The number of hydrogen-bond acceptors (Lipinski definition) is 3. The Balaban J connectivity index is 2.96. The molecule has 1 N–H and O–H groups in total. The van der Waals surface area contributed by atoms with Gasteiger partial charge in [0.25, 0.3) is 0 Å². The molecule has 1 aromatic rings. The Kier molecular flexibility index (Phi) is 5.47. The lowest BCUT2D eigenvalue weighted by Crippen LogP contribution is -2.44. The number of nitrogens with one attached hydrogen (secondary N) is 1. The van der Waals surface area contributed by atoms with Gasteiger partial charge in [0.15, 0.2) is 0 Å². The topological polar surface area (TPSA) is 38.3 Å². The van der Waals surface area contributed by atoms with Crippen molar-refractivity contribution < 1.29 is 9.53 Å². The average Bonchev–Trinajstić information content (AvgIpc) is 2.33. The molecular weight excluding hydrogens is 318 g/mol. The molecular formula is C13H17BrClNO2. The first kappa shape index (κ1) is 15.3. The van der Waals surface area contributed by atoms with Crippen molar-refractivity contribution in [2.24, 2.45) is 0 Å². The normalized spacial score (nSPS) is 13.8. The zero-order chi connectivity index (χ0) is 13.8. The summed E-state index contributed by atoms with van der Waals surface area (Å²) in [5, 5.41) is 3.85. The number of benzene rings is 1. The maximum absolute atomic E-state index is 11.9. The van der Waals surface area contributed by atoms with Gasteiger partial charge in [-0.3, -0.25) is 0 Å². The highest BCUT2D eigenvalue weighted by atomic mass is 79.9. The molecule has 0 bridgehead atoms. The standard InChI is InChI=1S/C13H17BrClNO2/c1-4-7-13(2,12(17)18-3)16-9-5-6-11(15)10(14)8-9/h5-6,8,16H,4,7H2,1-3H3. The van der Waals surface area contributed by atoms with Crippen LogP contribution in [0.2, 0.25) is 5.02 Å². The number of carbonyl (C=O) groups is 1. The Labute approximate surface area is 121 Å². The predicted molar refractivity (Wildman–Crippen MR) is 78.1 cm³/mol. The van der Waals surface area contributed by atoms with Crippen LogP contribution in [0.15, 0.2) is 22.7 Å². The fourth-order valence-electron chi connectivity index (χ4n) is 1.83. The molecule has 0 fully saturated rings. The van der Waals surface area contributed by atoms with E-state index in [1.54, 1.807) is 6.07 Å². The summed E-state index contributed by atoms with van der Waals surface area (Å²) in [5.74, 6) is -0.268. The smallest absolute Gasteiger partial charge is 0.331 e. The molecule has 1 rings (SSSR count). The first-order valence-corrected chi connectivity index (χ1v) is 6.91. The minimum atomic E-state index is -0.725. The van der Waals surface area contributed by atoms with Crippen LogP contribution < -0.4 is 5.32 Å². The number of methoxy groups -OCH3 is 1. The largest absolute Gasteiger partial charge is 0.467 e. The van der Waals surface area contributed by atoms with Crippen molar-refractivity contribution in [3.8, 4) is 0 Å². The Morgan fingerprint density at radius 1 is 1.56 bits per heavy atom. The van der Waals surface area contributed by atoms with E-state index in [2.05, 4.69) is 21.2 Å². The molecule has 0 aliphatic carbocycles. The summed E-state index contributed by atoms with van der Waals surface area (Å²) in [6.07, 6.45) is 1.58. The Morgan fingerprint density at radius 2 is 2.22 bits per heavy atom. The van der Waals surface area contributed by atoms with Gasteiger partial charge in [0.1, 0.15) is 5.54 Å². The van der Waals surface area contributed by atoms with E-state index in [1.165, 1.54) is 7.11 Å². The van der Waals surface area contributed by atoms with Gasteiger partial charge in [-0.1, -0.05) is 24.9 Å². The van der Waals surface area contributed by atoms with Crippen LogP contribution in [0.4, 0.5) is 5.69 Å². The highest BCUT2D eigenvalue weighted by molar-refractivity contribution is 9.10. The molecule has 0 heterocycles. The van der Waals surface area contributed by atoms with Gasteiger partial charge < -0.3 is 10.1 Å². The maximum Gasteiger partial charge on any atom is 0.331 e.